The zero-order chi connectivity index (χ0) is 12.1. The van der Waals surface area contributed by atoms with Gasteiger partial charge in [-0.2, -0.15) is 0 Å². The predicted molar refractivity (Wildman–Crippen MR) is 70.7 cm³/mol. The molecular weight excluding hydrogens is 168 g/mol. The van der Waals surface area contributed by atoms with E-state index in [1.54, 1.807) is 6.08 Å². The first-order valence-electron chi connectivity index (χ1n) is 6.02. The molecule has 0 heterocycles. The van der Waals surface area contributed by atoms with E-state index in [9.17, 15) is 0 Å². The van der Waals surface area contributed by atoms with Crippen molar-refractivity contribution in [1.29, 1.82) is 0 Å². The van der Waals surface area contributed by atoms with Crippen molar-refractivity contribution in [2.75, 3.05) is 0 Å². The third-order valence-corrected chi connectivity index (χ3v) is 1.51. The van der Waals surface area contributed by atoms with Crippen LogP contribution in [0.4, 0.5) is 0 Å². The Morgan fingerprint density at radius 2 is 1.14 bits per heavy atom. The Kier molecular flexibility index (Phi) is 21.0. The zero-order valence-electron chi connectivity index (χ0n) is 11.7. The Balaban J connectivity index is -0.000000123. The second-order valence-electron chi connectivity index (χ2n) is 4.33. The van der Waals surface area contributed by atoms with Crippen molar-refractivity contribution >= 4 is 0 Å². The summed E-state index contributed by atoms with van der Waals surface area (Å²) in [5.41, 5.74) is 0. The molecule has 0 aliphatic heterocycles. The van der Waals surface area contributed by atoms with Crippen molar-refractivity contribution in [3.05, 3.63) is 12.7 Å². The van der Waals surface area contributed by atoms with Crippen molar-refractivity contribution < 1.29 is 0 Å². The molecule has 0 aromatic carbocycles. The SMILES string of the molecule is C=CC.CC.CC(C)C.CC1C[C@@H]1C. The Bertz CT molecular complexity index is 83.5. The molecule has 0 aromatic rings. The molecule has 14 heavy (non-hydrogen) atoms. The van der Waals surface area contributed by atoms with E-state index in [4.69, 9.17) is 0 Å². The lowest BCUT2D eigenvalue weighted by Gasteiger charge is -1.79. The van der Waals surface area contributed by atoms with Gasteiger partial charge in [-0.25, -0.2) is 0 Å². The van der Waals surface area contributed by atoms with Crippen molar-refractivity contribution in [2.45, 2.75) is 61.8 Å². The van der Waals surface area contributed by atoms with Gasteiger partial charge in [0.25, 0.3) is 0 Å². The molecule has 0 saturated heterocycles. The van der Waals surface area contributed by atoms with Gasteiger partial charge in [0.15, 0.2) is 0 Å². The first-order valence-corrected chi connectivity index (χ1v) is 6.02. The smallest absolute Gasteiger partial charge is 0.0414 e. The topological polar surface area (TPSA) is 0 Å². The normalized spacial score (nSPS) is 21.5. The Morgan fingerprint density at radius 1 is 1.07 bits per heavy atom. The molecule has 88 valence electrons. The van der Waals surface area contributed by atoms with Gasteiger partial charge in [-0.3, -0.25) is 0 Å². The molecule has 0 bridgehead atoms. The van der Waals surface area contributed by atoms with E-state index in [1.807, 2.05) is 20.8 Å². The molecule has 0 nitrogen and oxygen atoms in total. The number of hydrogen-bond donors (Lipinski definition) is 0. The molecule has 1 fully saturated rings. The van der Waals surface area contributed by atoms with E-state index >= 15 is 0 Å². The van der Waals surface area contributed by atoms with Crippen LogP contribution in [0.1, 0.15) is 61.8 Å². The van der Waals surface area contributed by atoms with Crippen molar-refractivity contribution in [2.24, 2.45) is 17.8 Å². The highest BCUT2D eigenvalue weighted by molar-refractivity contribution is 4.76. The summed E-state index contributed by atoms with van der Waals surface area (Å²) >= 11 is 0. The average molecular weight is 200 g/mol. The zero-order valence-corrected chi connectivity index (χ0v) is 11.7. The average Bonchev–Trinajstić information content (AvgIpc) is 2.69. The van der Waals surface area contributed by atoms with E-state index in [1.165, 1.54) is 6.42 Å². The summed E-state index contributed by atoms with van der Waals surface area (Å²) in [6.07, 6.45) is 3.22. The summed E-state index contributed by atoms with van der Waals surface area (Å²) in [7, 11) is 0. The molecule has 0 spiro atoms. The van der Waals surface area contributed by atoms with E-state index in [0.29, 0.717) is 0 Å². The van der Waals surface area contributed by atoms with Gasteiger partial charge < -0.3 is 0 Å². The summed E-state index contributed by atoms with van der Waals surface area (Å²) in [6, 6.07) is 0. The van der Waals surface area contributed by atoms with Crippen LogP contribution in [0, 0.1) is 17.8 Å². The van der Waals surface area contributed by atoms with Crippen LogP contribution in [-0.4, -0.2) is 0 Å². The maximum atomic E-state index is 3.36. The molecule has 1 aliphatic carbocycles. The third kappa shape index (κ3) is 41.1. The van der Waals surface area contributed by atoms with Crippen molar-refractivity contribution in [1.82, 2.24) is 0 Å². The van der Waals surface area contributed by atoms with Gasteiger partial charge in [0.05, 0.1) is 0 Å². The molecule has 1 saturated carbocycles. The van der Waals surface area contributed by atoms with Gasteiger partial charge in [-0.05, 0) is 31.1 Å². The number of hydrogen-bond acceptors (Lipinski definition) is 0. The van der Waals surface area contributed by atoms with Gasteiger partial charge in [-0.15, -0.1) is 6.58 Å². The van der Waals surface area contributed by atoms with Gasteiger partial charge in [-0.1, -0.05) is 54.5 Å². The maximum absolute atomic E-state index is 3.36. The maximum Gasteiger partial charge on any atom is -0.0414 e. The van der Waals surface area contributed by atoms with E-state index < -0.39 is 0 Å². The second-order valence-corrected chi connectivity index (χ2v) is 4.33. The molecule has 0 aromatic heterocycles. The molecule has 1 unspecified atom stereocenters. The molecule has 1 rings (SSSR count). The fraction of sp³-hybridized carbons (Fsp3) is 0.857. The summed E-state index contributed by atoms with van der Waals surface area (Å²) in [5, 5.41) is 0. The minimum absolute atomic E-state index is 0.833. The monoisotopic (exact) mass is 200 g/mol. The van der Waals surface area contributed by atoms with Crippen LogP contribution in [0.2, 0.25) is 0 Å². The highest BCUT2D eigenvalue weighted by Gasteiger charge is 2.26. The van der Waals surface area contributed by atoms with Crippen molar-refractivity contribution in [3.63, 3.8) is 0 Å². The molecule has 0 N–H and O–H groups in total. The molecule has 0 heteroatoms. The van der Waals surface area contributed by atoms with Gasteiger partial charge >= 0.3 is 0 Å². The summed E-state index contributed by atoms with van der Waals surface area (Å²) in [5.74, 6) is 2.94. The van der Waals surface area contributed by atoms with Crippen LogP contribution in [0.3, 0.4) is 0 Å². The quantitative estimate of drug-likeness (QED) is 0.450. The molecule has 1 aliphatic rings. The fourth-order valence-corrected chi connectivity index (χ4v) is 0.508. The van der Waals surface area contributed by atoms with Gasteiger partial charge in [0, 0.05) is 0 Å². The molecule has 0 amide bonds. The number of allylic oxidation sites excluding steroid dienone is 1. The van der Waals surface area contributed by atoms with Crippen LogP contribution in [-0.2, 0) is 0 Å². The van der Waals surface area contributed by atoms with Crippen molar-refractivity contribution in [3.8, 4) is 0 Å². The Labute approximate surface area is 92.8 Å². The summed E-state index contributed by atoms with van der Waals surface area (Å²) in [4.78, 5) is 0. The first-order chi connectivity index (χ1) is 6.45. The summed E-state index contributed by atoms with van der Waals surface area (Å²) in [6.45, 7) is 20.3. The molecular formula is C14H32. The van der Waals surface area contributed by atoms with Crippen LogP contribution in [0.15, 0.2) is 12.7 Å². The third-order valence-electron chi connectivity index (χ3n) is 1.51. The standard InChI is InChI=1S/C5H10.C4H10.C3H6.C2H6/c1-4-3-5(4)2;1-4(2)3;1-3-2;1-2/h4-5H,3H2,1-2H3;4H,1-3H3;3H,1H2,2H3;1-2H3/t4-,5?;;;/m0.../s1. The second kappa shape index (κ2) is 15.2. The lowest BCUT2D eigenvalue weighted by Crippen LogP contribution is -1.66. The van der Waals surface area contributed by atoms with Crippen LogP contribution in [0.5, 0.6) is 0 Å². The largest absolute Gasteiger partial charge is 0.103 e. The molecule has 0 radical (unpaired) electrons. The minimum Gasteiger partial charge on any atom is -0.103 e. The predicted octanol–water partition coefficient (Wildman–Crippen LogP) is 5.54. The van der Waals surface area contributed by atoms with E-state index in [2.05, 4.69) is 41.2 Å². The fourth-order valence-electron chi connectivity index (χ4n) is 0.508. The first kappa shape index (κ1) is 19.3. The molecule has 2 atom stereocenters. The highest BCUT2D eigenvalue weighted by Crippen LogP contribution is 2.36. The van der Waals surface area contributed by atoms with Gasteiger partial charge in [0.1, 0.15) is 0 Å². The summed E-state index contributed by atoms with van der Waals surface area (Å²) < 4.78 is 0. The minimum atomic E-state index is 0.833. The lowest BCUT2D eigenvalue weighted by atomic mass is 10.3. The number of rotatable bonds is 0. The lowest BCUT2D eigenvalue weighted by molar-refractivity contribution is 0.737. The van der Waals surface area contributed by atoms with Gasteiger partial charge in [0.2, 0.25) is 0 Å². The van der Waals surface area contributed by atoms with E-state index in [0.717, 1.165) is 17.8 Å². The van der Waals surface area contributed by atoms with E-state index in [-0.39, 0.29) is 0 Å². The van der Waals surface area contributed by atoms with Crippen LogP contribution >= 0.6 is 0 Å². The Hall–Kier alpha value is -0.260. The van der Waals surface area contributed by atoms with Crippen LogP contribution in [0.25, 0.3) is 0 Å². The highest BCUT2D eigenvalue weighted by atomic mass is 14.3. The van der Waals surface area contributed by atoms with Crippen LogP contribution < -0.4 is 0 Å². The Morgan fingerprint density at radius 3 is 1.14 bits per heavy atom.